The number of hydrogen-bond acceptors (Lipinski definition) is 5. The highest BCUT2D eigenvalue weighted by molar-refractivity contribution is 7.99. The van der Waals surface area contributed by atoms with Crippen molar-refractivity contribution in [2.75, 3.05) is 12.9 Å². The Kier molecular flexibility index (Phi) is 6.22. The van der Waals surface area contributed by atoms with Crippen LogP contribution in [0.15, 0.2) is 17.8 Å². The zero-order valence-corrected chi connectivity index (χ0v) is 13.3. The molecule has 0 aromatic carbocycles. The molecule has 0 atom stereocenters. The molecule has 0 aliphatic carbocycles. The van der Waals surface area contributed by atoms with Crippen molar-refractivity contribution in [3.8, 4) is 0 Å². The Labute approximate surface area is 124 Å². The van der Waals surface area contributed by atoms with Crippen molar-refractivity contribution in [1.82, 2.24) is 20.1 Å². The normalized spacial score (nSPS) is 11.4. The van der Waals surface area contributed by atoms with Crippen LogP contribution in [-0.2, 0) is 22.7 Å². The number of nitrogens with one attached hydrogen (secondary N) is 1. The third kappa shape index (κ3) is 5.34. The van der Waals surface area contributed by atoms with E-state index in [1.165, 1.54) is 11.8 Å². The summed E-state index contributed by atoms with van der Waals surface area (Å²) in [6.07, 6.45) is 1.77. The molecule has 0 fully saturated rings. The van der Waals surface area contributed by atoms with Gasteiger partial charge >= 0.3 is 0 Å². The number of amides is 1. The largest absolute Gasteiger partial charge is 0.377 e. The van der Waals surface area contributed by atoms with Crippen LogP contribution in [0, 0.1) is 0 Å². The van der Waals surface area contributed by atoms with Crippen LogP contribution in [0.1, 0.15) is 26.6 Å². The molecule has 0 radical (unpaired) electrons. The highest BCUT2D eigenvalue weighted by Gasteiger charge is 2.16. The lowest BCUT2D eigenvalue weighted by Crippen LogP contribution is -2.41. The summed E-state index contributed by atoms with van der Waals surface area (Å²) in [4.78, 5) is 11.8. The molecule has 1 amide bonds. The zero-order valence-electron chi connectivity index (χ0n) is 12.5. The molecule has 1 N–H and O–H groups in total. The average molecular weight is 298 g/mol. The topological polar surface area (TPSA) is 69.0 Å². The Morgan fingerprint density at radius 2 is 2.20 bits per heavy atom. The van der Waals surface area contributed by atoms with Gasteiger partial charge in [0.2, 0.25) is 5.91 Å². The second kappa shape index (κ2) is 7.44. The van der Waals surface area contributed by atoms with Crippen molar-refractivity contribution in [3.63, 3.8) is 0 Å². The number of allylic oxidation sites excluding steroid dienone is 1. The van der Waals surface area contributed by atoms with Crippen molar-refractivity contribution in [1.29, 1.82) is 0 Å². The summed E-state index contributed by atoms with van der Waals surface area (Å²) >= 11 is 1.36. The summed E-state index contributed by atoms with van der Waals surface area (Å²) < 4.78 is 6.97. The monoisotopic (exact) mass is 298 g/mol. The van der Waals surface area contributed by atoms with Crippen LogP contribution in [0.3, 0.4) is 0 Å². The van der Waals surface area contributed by atoms with E-state index in [-0.39, 0.29) is 11.4 Å². The van der Waals surface area contributed by atoms with Gasteiger partial charge < -0.3 is 14.6 Å². The van der Waals surface area contributed by atoms with Crippen LogP contribution in [0.25, 0.3) is 0 Å². The van der Waals surface area contributed by atoms with Gasteiger partial charge in [0.25, 0.3) is 0 Å². The van der Waals surface area contributed by atoms with Gasteiger partial charge in [0, 0.05) is 19.2 Å². The van der Waals surface area contributed by atoms with Crippen LogP contribution in [0.2, 0.25) is 0 Å². The van der Waals surface area contributed by atoms with E-state index < -0.39 is 0 Å². The van der Waals surface area contributed by atoms with Gasteiger partial charge in [-0.2, -0.15) is 0 Å². The second-order valence-corrected chi connectivity index (χ2v) is 6.26. The highest BCUT2D eigenvalue weighted by atomic mass is 32.2. The second-order valence-electron chi connectivity index (χ2n) is 5.32. The van der Waals surface area contributed by atoms with Gasteiger partial charge in [-0.15, -0.1) is 16.8 Å². The zero-order chi connectivity index (χ0) is 15.2. The van der Waals surface area contributed by atoms with E-state index in [9.17, 15) is 4.79 Å². The number of hydrogen-bond donors (Lipinski definition) is 1. The Hall–Kier alpha value is -1.34. The Morgan fingerprint density at radius 1 is 1.50 bits per heavy atom. The number of thioether (sulfide) groups is 1. The molecule has 20 heavy (non-hydrogen) atoms. The van der Waals surface area contributed by atoms with Gasteiger partial charge in [-0.25, -0.2) is 0 Å². The quantitative estimate of drug-likeness (QED) is 0.612. The summed E-state index contributed by atoms with van der Waals surface area (Å²) in [6.45, 7) is 10.5. The first-order valence-corrected chi connectivity index (χ1v) is 7.31. The SMILES string of the molecule is C=CCn1c(COC)nnc1SCC(=O)NC(C)(C)C. The van der Waals surface area contributed by atoms with E-state index in [1.54, 1.807) is 13.2 Å². The minimum absolute atomic E-state index is 0.0241. The molecule has 0 spiro atoms. The van der Waals surface area contributed by atoms with Crippen LogP contribution >= 0.6 is 11.8 Å². The van der Waals surface area contributed by atoms with Gasteiger partial charge in [0.15, 0.2) is 11.0 Å². The fourth-order valence-electron chi connectivity index (χ4n) is 1.56. The number of aromatic nitrogens is 3. The fraction of sp³-hybridized carbons (Fsp3) is 0.615. The molecule has 1 aromatic rings. The van der Waals surface area contributed by atoms with Gasteiger partial charge in [-0.1, -0.05) is 17.8 Å². The van der Waals surface area contributed by atoms with Crippen molar-refractivity contribution >= 4 is 17.7 Å². The molecular weight excluding hydrogens is 276 g/mol. The molecule has 0 aliphatic rings. The predicted molar refractivity (Wildman–Crippen MR) is 79.6 cm³/mol. The lowest BCUT2D eigenvalue weighted by Gasteiger charge is -2.20. The van der Waals surface area contributed by atoms with Gasteiger partial charge in [0.05, 0.1) is 5.75 Å². The van der Waals surface area contributed by atoms with E-state index in [4.69, 9.17) is 4.74 Å². The minimum atomic E-state index is -0.229. The Morgan fingerprint density at radius 3 is 2.75 bits per heavy atom. The molecule has 112 valence electrons. The molecule has 0 bridgehead atoms. The third-order valence-corrected chi connectivity index (χ3v) is 3.19. The van der Waals surface area contributed by atoms with Crippen LogP contribution in [0.4, 0.5) is 0 Å². The van der Waals surface area contributed by atoms with E-state index in [2.05, 4.69) is 22.1 Å². The number of methoxy groups -OCH3 is 1. The Bertz CT molecular complexity index is 465. The third-order valence-electron chi connectivity index (χ3n) is 2.23. The van der Waals surface area contributed by atoms with Crippen molar-refractivity contribution < 1.29 is 9.53 Å². The molecule has 0 unspecified atom stereocenters. The smallest absolute Gasteiger partial charge is 0.230 e. The van der Waals surface area contributed by atoms with Crippen LogP contribution in [-0.4, -0.2) is 39.1 Å². The molecule has 1 heterocycles. The molecule has 0 saturated heterocycles. The van der Waals surface area contributed by atoms with Gasteiger partial charge in [-0.3, -0.25) is 4.79 Å². The minimum Gasteiger partial charge on any atom is -0.377 e. The molecule has 0 saturated carbocycles. The summed E-state index contributed by atoms with van der Waals surface area (Å²) in [5.41, 5.74) is -0.229. The molecule has 7 heteroatoms. The average Bonchev–Trinajstić information content (AvgIpc) is 2.69. The summed E-state index contributed by atoms with van der Waals surface area (Å²) in [7, 11) is 1.61. The van der Waals surface area contributed by atoms with E-state index in [0.717, 1.165) is 5.82 Å². The van der Waals surface area contributed by atoms with Crippen LogP contribution < -0.4 is 5.32 Å². The number of carbonyl (C=O) groups is 1. The molecular formula is C13H22N4O2S. The van der Waals surface area contributed by atoms with Gasteiger partial charge in [0.1, 0.15) is 6.61 Å². The maximum Gasteiger partial charge on any atom is 0.230 e. The first-order valence-electron chi connectivity index (χ1n) is 6.33. The van der Waals surface area contributed by atoms with Gasteiger partial charge in [-0.05, 0) is 20.8 Å². The molecule has 1 aromatic heterocycles. The van der Waals surface area contributed by atoms with Crippen molar-refractivity contribution in [2.45, 2.75) is 44.6 Å². The standard InChI is InChI=1S/C13H22N4O2S/c1-6-7-17-10(8-19-5)15-16-12(17)20-9-11(18)14-13(2,3)4/h6H,1,7-9H2,2-5H3,(H,14,18). The first-order chi connectivity index (χ1) is 9.37. The summed E-state index contributed by atoms with van der Waals surface area (Å²) in [5.74, 6) is 1.01. The van der Waals surface area contributed by atoms with E-state index >= 15 is 0 Å². The lowest BCUT2D eigenvalue weighted by atomic mass is 10.1. The number of rotatable bonds is 7. The maximum absolute atomic E-state index is 11.8. The van der Waals surface area contributed by atoms with Crippen molar-refractivity contribution in [2.24, 2.45) is 0 Å². The van der Waals surface area contributed by atoms with E-state index in [1.807, 2.05) is 25.3 Å². The fourth-order valence-corrected chi connectivity index (χ4v) is 2.33. The van der Waals surface area contributed by atoms with Crippen LogP contribution in [0.5, 0.6) is 0 Å². The number of nitrogens with zero attached hydrogens (tertiary/aromatic N) is 3. The molecule has 0 aliphatic heterocycles. The summed E-state index contributed by atoms with van der Waals surface area (Å²) in [6, 6.07) is 0. The van der Waals surface area contributed by atoms with E-state index in [0.29, 0.717) is 24.1 Å². The predicted octanol–water partition coefficient (Wildman–Crippen LogP) is 1.62. The first kappa shape index (κ1) is 16.7. The number of ether oxygens (including phenoxy) is 1. The number of carbonyl (C=O) groups excluding carboxylic acids is 1. The maximum atomic E-state index is 11.8. The molecule has 1 rings (SSSR count). The Balaban J connectivity index is 2.67. The summed E-state index contributed by atoms with van der Waals surface area (Å²) in [5, 5.41) is 11.8. The van der Waals surface area contributed by atoms with Crippen molar-refractivity contribution in [3.05, 3.63) is 18.5 Å². The lowest BCUT2D eigenvalue weighted by molar-refractivity contribution is -0.119. The molecule has 6 nitrogen and oxygen atoms in total. The highest BCUT2D eigenvalue weighted by Crippen LogP contribution is 2.17.